The summed E-state index contributed by atoms with van der Waals surface area (Å²) in [4.78, 5) is 2.58. The van der Waals surface area contributed by atoms with Gasteiger partial charge in [-0.15, -0.1) is 0 Å². The molecule has 1 aliphatic heterocycles. The van der Waals surface area contributed by atoms with E-state index in [-0.39, 0.29) is 17.0 Å². The van der Waals surface area contributed by atoms with Gasteiger partial charge in [-0.2, -0.15) is 0 Å². The zero-order valence-corrected chi connectivity index (χ0v) is 20.2. The monoisotopic (exact) mass is 473 g/mol. The third-order valence-corrected chi connectivity index (χ3v) is 6.81. The van der Waals surface area contributed by atoms with Gasteiger partial charge in [0.1, 0.15) is 11.6 Å². The Morgan fingerprint density at radius 1 is 0.886 bits per heavy atom. The van der Waals surface area contributed by atoms with Gasteiger partial charge in [0, 0.05) is 43.5 Å². The average molecular weight is 474 g/mol. The SMILES string of the molecule is CNC1=CCC2(Cc3ccc(F)cc3)CN(Cc3ccccc3)CCC2=C1.Nc1ccc(F)cc1. The number of piperidine rings is 1. The van der Waals surface area contributed by atoms with Crippen LogP contribution in [0.1, 0.15) is 24.0 Å². The van der Waals surface area contributed by atoms with Crippen molar-refractivity contribution < 1.29 is 8.78 Å². The number of halogens is 2. The maximum atomic E-state index is 13.4. The Bertz CT molecular complexity index is 1130. The van der Waals surface area contributed by atoms with Crippen molar-refractivity contribution in [3.05, 3.63) is 125 Å². The summed E-state index contributed by atoms with van der Waals surface area (Å²) in [6, 6.07) is 23.5. The van der Waals surface area contributed by atoms with Crippen molar-refractivity contribution in [3.8, 4) is 0 Å². The second kappa shape index (κ2) is 11.3. The molecule has 1 heterocycles. The van der Waals surface area contributed by atoms with E-state index in [1.54, 1.807) is 12.1 Å². The number of nitrogens with zero attached hydrogens (tertiary/aromatic N) is 1. The van der Waals surface area contributed by atoms with Gasteiger partial charge in [-0.3, -0.25) is 4.90 Å². The summed E-state index contributed by atoms with van der Waals surface area (Å²) in [5, 5.41) is 3.30. The van der Waals surface area contributed by atoms with Crippen molar-refractivity contribution in [3.63, 3.8) is 0 Å². The Kier molecular flexibility index (Phi) is 7.98. The predicted octanol–water partition coefficient (Wildman–Crippen LogP) is 6.10. The van der Waals surface area contributed by atoms with Gasteiger partial charge in [0.2, 0.25) is 0 Å². The lowest BCUT2D eigenvalue weighted by molar-refractivity contribution is 0.132. The van der Waals surface area contributed by atoms with Gasteiger partial charge in [-0.25, -0.2) is 8.78 Å². The molecule has 35 heavy (non-hydrogen) atoms. The minimum Gasteiger partial charge on any atom is -0.399 e. The van der Waals surface area contributed by atoms with Crippen LogP contribution in [0.2, 0.25) is 0 Å². The van der Waals surface area contributed by atoms with Crippen LogP contribution in [-0.4, -0.2) is 25.0 Å². The van der Waals surface area contributed by atoms with Crippen LogP contribution in [0, 0.1) is 17.0 Å². The molecule has 0 aromatic heterocycles. The smallest absolute Gasteiger partial charge is 0.123 e. The fourth-order valence-electron chi connectivity index (χ4n) is 4.97. The Morgan fingerprint density at radius 3 is 2.17 bits per heavy atom. The van der Waals surface area contributed by atoms with Crippen molar-refractivity contribution in [2.45, 2.75) is 25.8 Å². The largest absolute Gasteiger partial charge is 0.399 e. The maximum absolute atomic E-state index is 13.4. The topological polar surface area (TPSA) is 41.3 Å². The minimum atomic E-state index is -0.251. The van der Waals surface area contributed by atoms with E-state index in [0.717, 1.165) is 38.9 Å². The van der Waals surface area contributed by atoms with E-state index in [0.29, 0.717) is 5.69 Å². The van der Waals surface area contributed by atoms with Gasteiger partial charge in [-0.1, -0.05) is 54.1 Å². The van der Waals surface area contributed by atoms with Crippen molar-refractivity contribution in [1.29, 1.82) is 0 Å². The van der Waals surface area contributed by atoms with Crippen LogP contribution in [0.4, 0.5) is 14.5 Å². The van der Waals surface area contributed by atoms with E-state index in [1.807, 2.05) is 19.2 Å². The van der Waals surface area contributed by atoms with Gasteiger partial charge in [0.15, 0.2) is 0 Å². The fourth-order valence-corrected chi connectivity index (χ4v) is 4.97. The van der Waals surface area contributed by atoms with Gasteiger partial charge in [0.05, 0.1) is 0 Å². The van der Waals surface area contributed by atoms with Crippen LogP contribution < -0.4 is 11.1 Å². The van der Waals surface area contributed by atoms with Crippen molar-refractivity contribution in [2.24, 2.45) is 5.41 Å². The van der Waals surface area contributed by atoms with Gasteiger partial charge < -0.3 is 11.1 Å². The zero-order valence-electron chi connectivity index (χ0n) is 20.2. The van der Waals surface area contributed by atoms with Crippen LogP contribution in [-0.2, 0) is 13.0 Å². The molecule has 0 spiro atoms. The number of rotatable bonds is 5. The van der Waals surface area contributed by atoms with Crippen LogP contribution in [0.15, 0.2) is 102 Å². The first-order valence-electron chi connectivity index (χ1n) is 12.1. The Morgan fingerprint density at radius 2 is 1.54 bits per heavy atom. The number of anilines is 1. The third-order valence-electron chi connectivity index (χ3n) is 6.81. The molecular formula is C30H33F2N3. The number of fused-ring (bicyclic) bond motifs is 1. The lowest BCUT2D eigenvalue weighted by Gasteiger charge is -2.46. The molecule has 3 nitrogen and oxygen atoms in total. The lowest BCUT2D eigenvalue weighted by atomic mass is 9.67. The van der Waals surface area contributed by atoms with Crippen LogP contribution in [0.25, 0.3) is 0 Å². The number of hydrogen-bond acceptors (Lipinski definition) is 3. The van der Waals surface area contributed by atoms with E-state index in [1.165, 1.54) is 46.7 Å². The summed E-state index contributed by atoms with van der Waals surface area (Å²) in [7, 11) is 1.99. The molecule has 3 aromatic carbocycles. The molecule has 3 aromatic rings. The number of likely N-dealkylation sites (N-methyl/N-ethyl adjacent to an activating group) is 1. The van der Waals surface area contributed by atoms with Gasteiger partial charge >= 0.3 is 0 Å². The third kappa shape index (κ3) is 6.58. The number of nitrogen functional groups attached to an aromatic ring is 1. The number of likely N-dealkylation sites (tertiary alicyclic amines) is 1. The van der Waals surface area contributed by atoms with Gasteiger partial charge in [-0.05, 0) is 72.9 Å². The minimum absolute atomic E-state index is 0.102. The normalized spacial score (nSPS) is 19.5. The molecule has 0 bridgehead atoms. The first kappa shape index (κ1) is 24.7. The van der Waals surface area contributed by atoms with E-state index < -0.39 is 0 Å². The molecule has 0 radical (unpaired) electrons. The molecule has 1 saturated heterocycles. The second-order valence-electron chi connectivity index (χ2n) is 9.36. The number of hydrogen-bond donors (Lipinski definition) is 2. The summed E-state index contributed by atoms with van der Waals surface area (Å²) in [5.41, 5.74) is 11.3. The summed E-state index contributed by atoms with van der Waals surface area (Å²) in [6.45, 7) is 3.11. The number of nitrogens with one attached hydrogen (secondary N) is 1. The molecule has 1 aliphatic carbocycles. The van der Waals surface area contributed by atoms with Crippen molar-refractivity contribution in [2.75, 3.05) is 25.9 Å². The van der Waals surface area contributed by atoms with E-state index in [9.17, 15) is 8.78 Å². The molecule has 5 rings (SSSR count). The highest BCUT2D eigenvalue weighted by molar-refractivity contribution is 5.37. The van der Waals surface area contributed by atoms with Crippen LogP contribution in [0.5, 0.6) is 0 Å². The number of benzene rings is 3. The Balaban J connectivity index is 0.000000308. The number of nitrogens with two attached hydrogens (primary N) is 1. The van der Waals surface area contributed by atoms with E-state index >= 15 is 0 Å². The molecule has 1 atom stereocenters. The molecular weight excluding hydrogens is 440 g/mol. The Hall–Kier alpha value is -3.44. The van der Waals surface area contributed by atoms with Crippen molar-refractivity contribution >= 4 is 5.69 Å². The van der Waals surface area contributed by atoms with Crippen LogP contribution in [0.3, 0.4) is 0 Å². The Labute approximate surface area is 207 Å². The van der Waals surface area contributed by atoms with Crippen molar-refractivity contribution in [1.82, 2.24) is 10.2 Å². The second-order valence-corrected chi connectivity index (χ2v) is 9.36. The highest BCUT2D eigenvalue weighted by Crippen LogP contribution is 2.44. The summed E-state index contributed by atoms with van der Waals surface area (Å²) in [5.74, 6) is -0.415. The molecule has 0 amide bonds. The molecule has 5 heteroatoms. The molecule has 0 saturated carbocycles. The fraction of sp³-hybridized carbons (Fsp3) is 0.267. The molecule has 3 N–H and O–H groups in total. The summed E-state index contributed by atoms with van der Waals surface area (Å²) in [6.07, 6.45) is 7.73. The number of allylic oxidation sites excluding steroid dienone is 2. The lowest BCUT2D eigenvalue weighted by Crippen LogP contribution is -2.46. The summed E-state index contributed by atoms with van der Waals surface area (Å²) < 4.78 is 25.4. The van der Waals surface area contributed by atoms with E-state index in [4.69, 9.17) is 5.73 Å². The maximum Gasteiger partial charge on any atom is 0.123 e. The molecule has 1 fully saturated rings. The average Bonchev–Trinajstić information content (AvgIpc) is 2.88. The van der Waals surface area contributed by atoms with Crippen LogP contribution >= 0.6 is 0 Å². The summed E-state index contributed by atoms with van der Waals surface area (Å²) >= 11 is 0. The molecule has 182 valence electrons. The molecule has 2 aliphatic rings. The first-order chi connectivity index (χ1) is 17.0. The van der Waals surface area contributed by atoms with Gasteiger partial charge in [0.25, 0.3) is 0 Å². The van der Waals surface area contributed by atoms with E-state index in [2.05, 4.69) is 52.7 Å². The first-order valence-corrected chi connectivity index (χ1v) is 12.1. The zero-order chi connectivity index (χ0) is 24.7. The quantitative estimate of drug-likeness (QED) is 0.440. The highest BCUT2D eigenvalue weighted by atomic mass is 19.1. The highest BCUT2D eigenvalue weighted by Gasteiger charge is 2.40. The predicted molar refractivity (Wildman–Crippen MR) is 140 cm³/mol. The molecule has 1 unspecified atom stereocenters. The standard InChI is InChI=1S/C24H27FN2.C6H6FN/c1-26-23-11-13-24(16-19-7-9-22(25)10-8-19)18-27(14-12-21(24)15-23)17-20-5-3-2-4-6-20;7-5-1-3-6(8)4-2-5/h2-11,15,26H,12-14,16-18H2,1H3;1-4H,8H2.